The third kappa shape index (κ3) is 3.56. The maximum atomic E-state index is 12.2. The van der Waals surface area contributed by atoms with Crippen molar-refractivity contribution in [2.24, 2.45) is 5.92 Å². The molecular formula is C17H25N3O. The Labute approximate surface area is 126 Å². The van der Waals surface area contributed by atoms with Crippen molar-refractivity contribution in [1.82, 2.24) is 10.2 Å². The average Bonchev–Trinajstić information content (AvgIpc) is 2.93. The fraction of sp³-hybridized carbons (Fsp3) is 0.588. The standard InChI is InChI=1S/C17H25N3O/c1-20-10-7-13(8-11-20)6-9-18-17(21)16-12-14-4-2-3-5-15(14)19-16/h2-5,13,16,19H,6-12H2,1H3,(H,18,21). The second-order valence-corrected chi connectivity index (χ2v) is 6.38. The van der Waals surface area contributed by atoms with Crippen LogP contribution in [0.3, 0.4) is 0 Å². The Balaban J connectivity index is 1.40. The van der Waals surface area contributed by atoms with Gasteiger partial charge in [0, 0.05) is 18.7 Å². The summed E-state index contributed by atoms with van der Waals surface area (Å²) < 4.78 is 0. The predicted octanol–water partition coefficient (Wildman–Crippen LogP) is 1.87. The molecule has 1 unspecified atom stereocenters. The summed E-state index contributed by atoms with van der Waals surface area (Å²) in [5.74, 6) is 0.911. The van der Waals surface area contributed by atoms with Crippen molar-refractivity contribution in [1.29, 1.82) is 0 Å². The summed E-state index contributed by atoms with van der Waals surface area (Å²) >= 11 is 0. The Kier molecular flexibility index (Phi) is 4.44. The van der Waals surface area contributed by atoms with Gasteiger partial charge in [-0.25, -0.2) is 0 Å². The highest BCUT2D eigenvalue weighted by Crippen LogP contribution is 2.25. The monoisotopic (exact) mass is 287 g/mol. The Morgan fingerprint density at radius 1 is 1.33 bits per heavy atom. The number of rotatable bonds is 4. The van der Waals surface area contributed by atoms with Gasteiger partial charge in [-0.05, 0) is 56.9 Å². The van der Waals surface area contributed by atoms with Crippen LogP contribution in [-0.2, 0) is 11.2 Å². The molecule has 2 aliphatic heterocycles. The minimum absolute atomic E-state index is 0.0973. The first kappa shape index (κ1) is 14.4. The quantitative estimate of drug-likeness (QED) is 0.888. The summed E-state index contributed by atoms with van der Waals surface area (Å²) in [6.45, 7) is 3.19. The van der Waals surface area contributed by atoms with Crippen molar-refractivity contribution in [2.75, 3.05) is 32.0 Å². The van der Waals surface area contributed by atoms with Gasteiger partial charge in [0.05, 0.1) is 0 Å². The average molecular weight is 287 g/mol. The molecule has 21 heavy (non-hydrogen) atoms. The van der Waals surface area contributed by atoms with E-state index in [1.165, 1.54) is 31.5 Å². The number of nitrogens with zero attached hydrogens (tertiary/aromatic N) is 1. The van der Waals surface area contributed by atoms with Gasteiger partial charge in [-0.3, -0.25) is 4.79 Å². The van der Waals surface area contributed by atoms with Gasteiger partial charge >= 0.3 is 0 Å². The smallest absolute Gasteiger partial charge is 0.242 e. The van der Waals surface area contributed by atoms with E-state index in [9.17, 15) is 4.79 Å². The lowest BCUT2D eigenvalue weighted by molar-refractivity contribution is -0.121. The van der Waals surface area contributed by atoms with Gasteiger partial charge in [0.2, 0.25) is 5.91 Å². The first-order valence-electron chi connectivity index (χ1n) is 8.03. The summed E-state index contributed by atoms with van der Waals surface area (Å²) in [6, 6.07) is 8.07. The van der Waals surface area contributed by atoms with Gasteiger partial charge in [0.25, 0.3) is 0 Å². The molecule has 2 N–H and O–H groups in total. The highest BCUT2D eigenvalue weighted by atomic mass is 16.2. The summed E-state index contributed by atoms with van der Waals surface area (Å²) in [6.07, 6.45) is 4.44. The number of carbonyl (C=O) groups is 1. The second kappa shape index (κ2) is 6.48. The molecule has 0 saturated carbocycles. The fourth-order valence-corrected chi connectivity index (χ4v) is 3.33. The molecule has 1 amide bonds. The van der Waals surface area contributed by atoms with Crippen molar-refractivity contribution in [3.8, 4) is 0 Å². The molecular weight excluding hydrogens is 262 g/mol. The zero-order chi connectivity index (χ0) is 14.7. The normalized spacial score (nSPS) is 22.6. The largest absolute Gasteiger partial charge is 0.373 e. The molecule has 0 aliphatic carbocycles. The maximum absolute atomic E-state index is 12.2. The van der Waals surface area contributed by atoms with Gasteiger partial charge in [-0.2, -0.15) is 0 Å². The van der Waals surface area contributed by atoms with Gasteiger partial charge in [0.15, 0.2) is 0 Å². The Bertz CT molecular complexity index is 470. The Hall–Kier alpha value is -1.55. The molecule has 1 atom stereocenters. The van der Waals surface area contributed by atoms with Crippen LogP contribution in [0.4, 0.5) is 5.69 Å². The minimum atomic E-state index is -0.0973. The number of hydrogen-bond donors (Lipinski definition) is 2. The van der Waals surface area contributed by atoms with Crippen LogP contribution in [0.15, 0.2) is 24.3 Å². The summed E-state index contributed by atoms with van der Waals surface area (Å²) in [5, 5.41) is 6.41. The molecule has 0 radical (unpaired) electrons. The number of fused-ring (bicyclic) bond motifs is 1. The summed E-state index contributed by atoms with van der Waals surface area (Å²) in [4.78, 5) is 14.6. The topological polar surface area (TPSA) is 44.4 Å². The van der Waals surface area contributed by atoms with Crippen molar-refractivity contribution < 1.29 is 4.79 Å². The first-order valence-corrected chi connectivity index (χ1v) is 8.03. The van der Waals surface area contributed by atoms with E-state index >= 15 is 0 Å². The fourth-order valence-electron chi connectivity index (χ4n) is 3.33. The first-order chi connectivity index (χ1) is 10.2. The summed E-state index contributed by atoms with van der Waals surface area (Å²) in [7, 11) is 2.18. The second-order valence-electron chi connectivity index (χ2n) is 6.38. The lowest BCUT2D eigenvalue weighted by Gasteiger charge is -2.29. The van der Waals surface area contributed by atoms with Crippen LogP contribution < -0.4 is 10.6 Å². The van der Waals surface area contributed by atoms with Crippen molar-refractivity contribution >= 4 is 11.6 Å². The lowest BCUT2D eigenvalue weighted by Crippen LogP contribution is -2.40. The highest BCUT2D eigenvalue weighted by Gasteiger charge is 2.26. The highest BCUT2D eigenvalue weighted by molar-refractivity contribution is 5.87. The molecule has 0 spiro atoms. The van der Waals surface area contributed by atoms with Gasteiger partial charge in [-0.1, -0.05) is 18.2 Å². The van der Waals surface area contributed by atoms with Crippen LogP contribution in [0.25, 0.3) is 0 Å². The number of nitrogens with one attached hydrogen (secondary N) is 2. The molecule has 1 fully saturated rings. The molecule has 0 aromatic heterocycles. The summed E-state index contributed by atoms with van der Waals surface area (Å²) in [5.41, 5.74) is 2.35. The van der Waals surface area contributed by atoms with E-state index in [1.54, 1.807) is 0 Å². The number of benzene rings is 1. The van der Waals surface area contributed by atoms with Crippen LogP contribution in [0.2, 0.25) is 0 Å². The van der Waals surface area contributed by atoms with E-state index in [4.69, 9.17) is 0 Å². The molecule has 2 aliphatic rings. The molecule has 4 heteroatoms. The number of hydrogen-bond acceptors (Lipinski definition) is 3. The van der Waals surface area contributed by atoms with Crippen molar-refractivity contribution in [2.45, 2.75) is 31.7 Å². The number of anilines is 1. The number of para-hydroxylation sites is 1. The van der Waals surface area contributed by atoms with Gasteiger partial charge in [0.1, 0.15) is 6.04 Å². The minimum Gasteiger partial charge on any atom is -0.373 e. The molecule has 4 nitrogen and oxygen atoms in total. The number of amides is 1. The zero-order valence-corrected chi connectivity index (χ0v) is 12.8. The third-order valence-electron chi connectivity index (χ3n) is 4.78. The van der Waals surface area contributed by atoms with Crippen LogP contribution >= 0.6 is 0 Å². The van der Waals surface area contributed by atoms with Crippen molar-refractivity contribution in [3.05, 3.63) is 29.8 Å². The molecule has 3 rings (SSSR count). The number of likely N-dealkylation sites (tertiary alicyclic amines) is 1. The van der Waals surface area contributed by atoms with Gasteiger partial charge in [-0.15, -0.1) is 0 Å². The third-order valence-corrected chi connectivity index (χ3v) is 4.78. The van der Waals surface area contributed by atoms with E-state index in [0.717, 1.165) is 31.0 Å². The van der Waals surface area contributed by atoms with Crippen LogP contribution in [0.5, 0.6) is 0 Å². The number of piperidine rings is 1. The lowest BCUT2D eigenvalue weighted by atomic mass is 9.94. The van der Waals surface area contributed by atoms with Crippen molar-refractivity contribution in [3.63, 3.8) is 0 Å². The van der Waals surface area contributed by atoms with Gasteiger partial charge < -0.3 is 15.5 Å². The SMILES string of the molecule is CN1CCC(CCNC(=O)C2Cc3ccccc3N2)CC1. The van der Waals surface area contributed by atoms with E-state index in [2.05, 4.69) is 28.6 Å². The van der Waals surface area contributed by atoms with E-state index in [1.807, 2.05) is 18.2 Å². The Morgan fingerprint density at radius 2 is 2.10 bits per heavy atom. The Morgan fingerprint density at radius 3 is 2.86 bits per heavy atom. The number of carbonyl (C=O) groups excluding carboxylic acids is 1. The van der Waals surface area contributed by atoms with Crippen LogP contribution in [0.1, 0.15) is 24.8 Å². The molecule has 1 aromatic carbocycles. The molecule has 114 valence electrons. The van der Waals surface area contributed by atoms with E-state index in [-0.39, 0.29) is 11.9 Å². The van der Waals surface area contributed by atoms with E-state index in [0.29, 0.717) is 0 Å². The zero-order valence-electron chi connectivity index (χ0n) is 12.8. The molecule has 2 heterocycles. The van der Waals surface area contributed by atoms with Crippen LogP contribution in [0, 0.1) is 5.92 Å². The molecule has 1 aromatic rings. The molecule has 0 bridgehead atoms. The molecule has 1 saturated heterocycles. The van der Waals surface area contributed by atoms with Crippen LogP contribution in [-0.4, -0.2) is 43.5 Å². The maximum Gasteiger partial charge on any atom is 0.242 e. The predicted molar refractivity (Wildman–Crippen MR) is 85.4 cm³/mol. The van der Waals surface area contributed by atoms with E-state index < -0.39 is 0 Å².